The summed E-state index contributed by atoms with van der Waals surface area (Å²) in [5.41, 5.74) is 0. The molecule has 26 heavy (non-hydrogen) atoms. The highest BCUT2D eigenvalue weighted by Crippen LogP contribution is 2.13. The molecule has 0 spiro atoms. The summed E-state index contributed by atoms with van der Waals surface area (Å²) in [7, 11) is -3.93. The van der Waals surface area contributed by atoms with Gasteiger partial charge in [-0.05, 0) is 30.3 Å². The Kier molecular flexibility index (Phi) is 5.24. The molecular formula is C16H15F2N5O2S. The summed E-state index contributed by atoms with van der Waals surface area (Å²) in [5.74, 6) is -1.14. The molecule has 0 unspecified atom stereocenters. The molecule has 3 aromatic rings. The number of halogens is 2. The molecule has 2 N–H and O–H groups in total. The number of aromatic nitrogens is 3. The lowest BCUT2D eigenvalue weighted by Crippen LogP contribution is -2.29. The maximum atomic E-state index is 13.2. The fourth-order valence-corrected chi connectivity index (χ4v) is 3.22. The van der Waals surface area contributed by atoms with Gasteiger partial charge in [0, 0.05) is 31.5 Å². The Bertz CT molecular complexity index is 994. The van der Waals surface area contributed by atoms with Crippen LogP contribution in [0, 0.1) is 11.6 Å². The van der Waals surface area contributed by atoms with Crippen molar-refractivity contribution in [2.75, 3.05) is 18.4 Å². The van der Waals surface area contributed by atoms with Gasteiger partial charge in [0.05, 0.1) is 4.90 Å². The molecule has 10 heteroatoms. The summed E-state index contributed by atoms with van der Waals surface area (Å²) in [6.45, 7) is 0.273. The summed E-state index contributed by atoms with van der Waals surface area (Å²) < 4.78 is 54.3. The van der Waals surface area contributed by atoms with Gasteiger partial charge in [-0.1, -0.05) is 0 Å². The van der Waals surface area contributed by atoms with Crippen LogP contribution >= 0.6 is 0 Å². The number of hydrogen-bond donors (Lipinski definition) is 2. The van der Waals surface area contributed by atoms with E-state index in [2.05, 4.69) is 20.0 Å². The van der Waals surface area contributed by atoms with Gasteiger partial charge in [-0.25, -0.2) is 31.9 Å². The number of nitrogens with one attached hydrogen (secondary N) is 2. The average Bonchev–Trinajstić information content (AvgIpc) is 3.16. The Morgan fingerprint density at radius 1 is 1.00 bits per heavy atom. The first-order valence-electron chi connectivity index (χ1n) is 7.60. The van der Waals surface area contributed by atoms with E-state index >= 15 is 0 Å². The van der Waals surface area contributed by atoms with Crippen molar-refractivity contribution < 1.29 is 17.2 Å². The lowest BCUT2D eigenvalue weighted by molar-refractivity contribution is 0.504. The van der Waals surface area contributed by atoms with Gasteiger partial charge in [0.1, 0.15) is 18.0 Å². The largest absolute Gasteiger partial charge is 0.369 e. The third-order valence-electron chi connectivity index (χ3n) is 3.45. The van der Waals surface area contributed by atoms with Crippen molar-refractivity contribution >= 4 is 15.8 Å². The standard InChI is InChI=1S/C16H15F2N5O2S/c17-13-4-3-12(9-14(13)18)26(24,25)22-6-5-19-15-10-16(21-11-20-15)23-7-1-2-8-23/h1-4,7-11,22H,5-6H2,(H,19,20,21). The van der Waals surface area contributed by atoms with Crippen LogP contribution in [0.2, 0.25) is 0 Å². The van der Waals surface area contributed by atoms with Gasteiger partial charge in [-0.2, -0.15) is 0 Å². The maximum absolute atomic E-state index is 13.2. The molecule has 0 aliphatic carbocycles. The maximum Gasteiger partial charge on any atom is 0.240 e. The normalized spacial score (nSPS) is 11.5. The van der Waals surface area contributed by atoms with Crippen molar-refractivity contribution in [3.05, 3.63) is 66.8 Å². The number of benzene rings is 1. The lowest BCUT2D eigenvalue weighted by Gasteiger charge is -2.09. The predicted molar refractivity (Wildman–Crippen MR) is 91.4 cm³/mol. The Morgan fingerprint density at radius 3 is 2.50 bits per heavy atom. The van der Waals surface area contributed by atoms with Gasteiger partial charge in [0.2, 0.25) is 10.0 Å². The van der Waals surface area contributed by atoms with Crippen LogP contribution in [-0.4, -0.2) is 36.0 Å². The molecule has 1 aromatic carbocycles. The number of rotatable bonds is 7. The number of sulfonamides is 1. The molecule has 0 aliphatic heterocycles. The molecular weight excluding hydrogens is 364 g/mol. The molecule has 0 aliphatic rings. The first-order valence-corrected chi connectivity index (χ1v) is 9.08. The fraction of sp³-hybridized carbons (Fsp3) is 0.125. The highest BCUT2D eigenvalue weighted by atomic mass is 32.2. The van der Waals surface area contributed by atoms with E-state index in [1.54, 1.807) is 10.6 Å². The van der Waals surface area contributed by atoms with E-state index in [1.807, 2.05) is 24.5 Å². The zero-order valence-corrected chi connectivity index (χ0v) is 14.2. The van der Waals surface area contributed by atoms with Crippen LogP contribution in [0.4, 0.5) is 14.6 Å². The van der Waals surface area contributed by atoms with Crippen molar-refractivity contribution in [2.24, 2.45) is 0 Å². The molecule has 0 saturated carbocycles. The molecule has 0 bridgehead atoms. The van der Waals surface area contributed by atoms with E-state index in [-0.39, 0.29) is 18.0 Å². The second-order valence-corrected chi connectivity index (χ2v) is 7.02. The second-order valence-electron chi connectivity index (χ2n) is 5.25. The molecule has 0 fully saturated rings. The van der Waals surface area contributed by atoms with Crippen molar-refractivity contribution in [1.29, 1.82) is 0 Å². The van der Waals surface area contributed by atoms with Gasteiger partial charge in [0.15, 0.2) is 11.6 Å². The first kappa shape index (κ1) is 18.0. The van der Waals surface area contributed by atoms with Crippen LogP contribution in [0.15, 0.2) is 60.0 Å². The predicted octanol–water partition coefficient (Wildman–Crippen LogP) is 1.94. The van der Waals surface area contributed by atoms with Crippen LogP contribution in [0.1, 0.15) is 0 Å². The first-order chi connectivity index (χ1) is 12.5. The minimum atomic E-state index is -3.93. The van der Waals surface area contributed by atoms with E-state index in [0.717, 1.165) is 12.1 Å². The second kappa shape index (κ2) is 7.58. The number of anilines is 1. The molecule has 2 heterocycles. The highest BCUT2D eigenvalue weighted by molar-refractivity contribution is 7.89. The summed E-state index contributed by atoms with van der Waals surface area (Å²) in [6.07, 6.45) is 5.06. The SMILES string of the molecule is O=S(=O)(NCCNc1cc(-n2cccc2)ncn1)c1ccc(F)c(F)c1. The van der Waals surface area contributed by atoms with E-state index < -0.39 is 21.7 Å². The zero-order valence-electron chi connectivity index (χ0n) is 13.4. The average molecular weight is 379 g/mol. The van der Waals surface area contributed by atoms with Crippen LogP contribution in [0.25, 0.3) is 5.82 Å². The van der Waals surface area contributed by atoms with Crippen LogP contribution in [-0.2, 0) is 10.0 Å². The minimum Gasteiger partial charge on any atom is -0.369 e. The third kappa shape index (κ3) is 4.21. The fourth-order valence-electron chi connectivity index (χ4n) is 2.18. The Hall–Kier alpha value is -2.85. The van der Waals surface area contributed by atoms with E-state index in [1.165, 1.54) is 6.33 Å². The molecule has 0 amide bonds. The third-order valence-corrected chi connectivity index (χ3v) is 4.90. The smallest absolute Gasteiger partial charge is 0.240 e. The summed E-state index contributed by atoms with van der Waals surface area (Å²) >= 11 is 0. The van der Waals surface area contributed by atoms with Gasteiger partial charge >= 0.3 is 0 Å². The number of nitrogens with zero attached hydrogens (tertiary/aromatic N) is 3. The molecule has 2 aromatic heterocycles. The molecule has 0 radical (unpaired) electrons. The van der Waals surface area contributed by atoms with Crippen molar-refractivity contribution in [3.63, 3.8) is 0 Å². The molecule has 0 atom stereocenters. The topological polar surface area (TPSA) is 88.9 Å². The van der Waals surface area contributed by atoms with Crippen molar-refractivity contribution in [3.8, 4) is 5.82 Å². The van der Waals surface area contributed by atoms with E-state index in [4.69, 9.17) is 0 Å². The van der Waals surface area contributed by atoms with Gasteiger partial charge in [-0.3, -0.25) is 0 Å². The number of hydrogen-bond acceptors (Lipinski definition) is 5. The summed E-state index contributed by atoms with van der Waals surface area (Å²) in [5, 5.41) is 2.97. The summed E-state index contributed by atoms with van der Waals surface area (Å²) in [6, 6.07) is 7.85. The van der Waals surface area contributed by atoms with Crippen LogP contribution in [0.3, 0.4) is 0 Å². The molecule has 3 rings (SSSR count). The van der Waals surface area contributed by atoms with E-state index in [9.17, 15) is 17.2 Å². The molecule has 136 valence electrons. The van der Waals surface area contributed by atoms with Crippen LogP contribution in [0.5, 0.6) is 0 Å². The Labute approximate surface area is 148 Å². The van der Waals surface area contributed by atoms with Crippen LogP contribution < -0.4 is 10.0 Å². The van der Waals surface area contributed by atoms with Gasteiger partial charge < -0.3 is 9.88 Å². The zero-order chi connectivity index (χ0) is 18.6. The monoisotopic (exact) mass is 379 g/mol. The highest BCUT2D eigenvalue weighted by Gasteiger charge is 2.15. The van der Waals surface area contributed by atoms with Gasteiger partial charge in [-0.15, -0.1) is 0 Å². The van der Waals surface area contributed by atoms with E-state index in [0.29, 0.717) is 17.7 Å². The Balaban J connectivity index is 1.57. The Morgan fingerprint density at radius 2 is 1.77 bits per heavy atom. The quantitative estimate of drug-likeness (QED) is 0.613. The molecule has 7 nitrogen and oxygen atoms in total. The molecule has 0 saturated heterocycles. The van der Waals surface area contributed by atoms with Gasteiger partial charge in [0.25, 0.3) is 0 Å². The summed E-state index contributed by atoms with van der Waals surface area (Å²) in [4.78, 5) is 7.86. The van der Waals surface area contributed by atoms with Crippen molar-refractivity contribution in [2.45, 2.75) is 4.90 Å². The minimum absolute atomic E-state index is 0.0319. The lowest BCUT2D eigenvalue weighted by atomic mass is 10.3. The van der Waals surface area contributed by atoms with Crippen molar-refractivity contribution in [1.82, 2.24) is 19.3 Å².